The molecule has 4 bridgehead atoms. The van der Waals surface area contributed by atoms with Gasteiger partial charge in [-0.25, -0.2) is 18.6 Å². The zero-order valence-corrected chi connectivity index (χ0v) is 20.6. The molecular weight excluding hydrogens is 461 g/mol. The van der Waals surface area contributed by atoms with Crippen LogP contribution in [0.5, 0.6) is 5.88 Å². The number of fused-ring (bicyclic) bond motifs is 1. The Bertz CT molecular complexity index is 1390. The number of nitrogens with zero attached hydrogens (tertiary/aromatic N) is 4. The lowest BCUT2D eigenvalue weighted by Crippen LogP contribution is -2.30. The van der Waals surface area contributed by atoms with E-state index in [9.17, 15) is 9.59 Å². The van der Waals surface area contributed by atoms with Crippen molar-refractivity contribution in [3.8, 4) is 5.88 Å². The molecule has 0 saturated heterocycles. The normalized spacial score (nSPS) is 16.7. The maximum atomic E-state index is 15.1. The lowest BCUT2D eigenvalue weighted by Gasteiger charge is -2.15. The highest BCUT2D eigenvalue weighted by Crippen LogP contribution is 2.28. The fourth-order valence-corrected chi connectivity index (χ4v) is 4.46. The van der Waals surface area contributed by atoms with E-state index in [1.54, 1.807) is 6.92 Å². The van der Waals surface area contributed by atoms with Crippen LogP contribution in [0, 0.1) is 5.82 Å². The summed E-state index contributed by atoms with van der Waals surface area (Å²) in [5.41, 5.74) is 5.00. The molecule has 1 atom stereocenters. The predicted octanol–water partition coefficient (Wildman–Crippen LogP) is 2.20. The van der Waals surface area contributed by atoms with E-state index in [4.69, 9.17) is 19.9 Å². The van der Waals surface area contributed by atoms with Crippen molar-refractivity contribution < 1.29 is 23.4 Å². The Morgan fingerprint density at radius 2 is 2.15 bits per heavy atom. The van der Waals surface area contributed by atoms with E-state index in [1.807, 2.05) is 0 Å². The van der Waals surface area contributed by atoms with Gasteiger partial charge >= 0.3 is 5.69 Å². The Labute approximate surface area is 195 Å². The number of amides is 1. The van der Waals surface area contributed by atoms with Crippen LogP contribution in [0.4, 0.5) is 4.39 Å². The number of pyridine rings is 1. The highest BCUT2D eigenvalue weighted by Gasteiger charge is 2.27. The van der Waals surface area contributed by atoms with Crippen LogP contribution in [0.25, 0.3) is 16.6 Å². The van der Waals surface area contributed by atoms with Crippen LogP contribution in [0.15, 0.2) is 28.3 Å². The molecular formula is C22H28FN5O5Si. The van der Waals surface area contributed by atoms with Crippen LogP contribution < -0.4 is 21.6 Å². The molecule has 34 heavy (non-hydrogen) atoms. The number of halogens is 1. The van der Waals surface area contributed by atoms with Gasteiger partial charge in [-0.15, -0.1) is 0 Å². The minimum Gasteiger partial charge on any atom is -0.499 e. The first-order valence-electron chi connectivity index (χ1n) is 11.0. The third-order valence-corrected chi connectivity index (χ3v) is 7.23. The second-order valence-corrected chi connectivity index (χ2v) is 15.1. The average Bonchev–Trinajstić information content (AvgIpc) is 2.84. The van der Waals surface area contributed by atoms with Gasteiger partial charge in [0.05, 0.1) is 12.8 Å². The summed E-state index contributed by atoms with van der Waals surface area (Å²) < 4.78 is 34.5. The molecule has 1 aliphatic heterocycles. The number of hydrogen-bond acceptors (Lipinski definition) is 7. The summed E-state index contributed by atoms with van der Waals surface area (Å²) in [7, 11) is -1.34. The maximum absolute atomic E-state index is 15.1. The van der Waals surface area contributed by atoms with Crippen molar-refractivity contribution in [3.05, 3.63) is 45.9 Å². The Hall–Kier alpha value is -3.25. The molecule has 0 saturated carbocycles. The third-order valence-electron chi connectivity index (χ3n) is 5.53. The van der Waals surface area contributed by atoms with Crippen molar-refractivity contribution in [1.82, 2.24) is 14.0 Å². The van der Waals surface area contributed by atoms with Crippen LogP contribution in [-0.4, -0.2) is 47.3 Å². The number of aromatic nitrogens is 3. The van der Waals surface area contributed by atoms with Crippen molar-refractivity contribution in [2.24, 2.45) is 10.7 Å². The maximum Gasteiger partial charge on any atom is 0.338 e. The number of hydrogen-bond donors (Lipinski definition) is 1. The Morgan fingerprint density at radius 3 is 2.85 bits per heavy atom. The summed E-state index contributed by atoms with van der Waals surface area (Å²) in [6, 6.07) is 2.03. The molecule has 4 aromatic rings. The number of imidazole rings is 1. The van der Waals surface area contributed by atoms with Crippen LogP contribution in [0.2, 0.25) is 25.7 Å². The smallest absolute Gasteiger partial charge is 0.338 e. The van der Waals surface area contributed by atoms with Crippen molar-refractivity contribution in [2.45, 2.75) is 51.9 Å². The Morgan fingerprint density at radius 1 is 1.38 bits per heavy atom. The highest BCUT2D eigenvalue weighted by atomic mass is 28.3. The van der Waals surface area contributed by atoms with Gasteiger partial charge in [0.15, 0.2) is 17.0 Å². The number of primary amides is 1. The van der Waals surface area contributed by atoms with Gasteiger partial charge < -0.3 is 19.9 Å². The Kier molecular flexibility index (Phi) is 6.45. The van der Waals surface area contributed by atoms with E-state index in [1.165, 1.54) is 17.0 Å². The largest absolute Gasteiger partial charge is 0.499 e. The van der Waals surface area contributed by atoms with Crippen LogP contribution in [-0.2, 0) is 16.2 Å². The molecule has 5 heterocycles. The fraction of sp³-hybridized carbons (Fsp3) is 0.455. The van der Waals surface area contributed by atoms with Gasteiger partial charge in [0.1, 0.15) is 30.2 Å². The van der Waals surface area contributed by atoms with Crippen molar-refractivity contribution in [3.63, 3.8) is 0 Å². The third kappa shape index (κ3) is 4.55. The molecule has 0 radical (unpaired) electrons. The molecule has 4 aromatic heterocycles. The van der Waals surface area contributed by atoms with Crippen molar-refractivity contribution in [1.29, 1.82) is 0 Å². The van der Waals surface area contributed by atoms with Gasteiger partial charge in [-0.1, -0.05) is 19.6 Å². The molecule has 1 aliphatic rings. The minimum atomic E-state index is -1.34. The first-order valence-corrected chi connectivity index (χ1v) is 14.7. The number of nitrogens with two attached hydrogens (primary N) is 1. The van der Waals surface area contributed by atoms with Gasteiger partial charge in [0.25, 0.3) is 5.91 Å². The van der Waals surface area contributed by atoms with Crippen LogP contribution in [0.3, 0.4) is 0 Å². The molecule has 1 amide bonds. The van der Waals surface area contributed by atoms with E-state index in [-0.39, 0.29) is 40.2 Å². The van der Waals surface area contributed by atoms with E-state index in [2.05, 4.69) is 29.6 Å². The lowest BCUT2D eigenvalue weighted by molar-refractivity contribution is 0.0824. The zero-order valence-electron chi connectivity index (χ0n) is 19.6. The number of carbonyl (C=O) groups is 1. The topological polar surface area (TPSA) is 122 Å². The average molecular weight is 490 g/mol. The van der Waals surface area contributed by atoms with Crippen molar-refractivity contribution >= 4 is 30.5 Å². The van der Waals surface area contributed by atoms with Crippen LogP contribution >= 0.6 is 0 Å². The Balaban J connectivity index is 2.03. The summed E-state index contributed by atoms with van der Waals surface area (Å²) in [5, 5.41) is 0.0717. The van der Waals surface area contributed by atoms with Gasteiger partial charge in [-0.05, 0) is 19.0 Å². The molecule has 0 aromatic carbocycles. The monoisotopic (exact) mass is 489 g/mol. The zero-order chi connectivity index (χ0) is 24.6. The van der Waals surface area contributed by atoms with E-state index in [0.717, 1.165) is 16.5 Å². The molecule has 10 nitrogen and oxygen atoms in total. The molecule has 5 rings (SSSR count). The van der Waals surface area contributed by atoms with Gasteiger partial charge in [-0.2, -0.15) is 4.98 Å². The summed E-state index contributed by atoms with van der Waals surface area (Å²) >= 11 is 0. The summed E-state index contributed by atoms with van der Waals surface area (Å²) in [5.74, 6) is -1.80. The van der Waals surface area contributed by atoms with E-state index >= 15 is 4.39 Å². The first kappa shape index (κ1) is 23.9. The molecule has 182 valence electrons. The molecule has 0 unspecified atom stereocenters. The minimum absolute atomic E-state index is 0.0717. The SMILES string of the molecule is C[C@@H]1CCOC=CN=c2c3c4cc(F)c(nc(c4C(N)=O)O1)n3c(=O)n2COCC[Si](C)(C)C. The number of ether oxygens (including phenoxy) is 3. The fourth-order valence-electron chi connectivity index (χ4n) is 3.70. The van der Waals surface area contributed by atoms with E-state index < -0.39 is 31.6 Å². The van der Waals surface area contributed by atoms with Gasteiger partial charge in [0.2, 0.25) is 5.88 Å². The van der Waals surface area contributed by atoms with Gasteiger partial charge in [0, 0.05) is 26.5 Å². The second kappa shape index (κ2) is 9.18. The molecule has 0 fully saturated rings. The summed E-state index contributed by atoms with van der Waals surface area (Å²) in [6.45, 7) is 9.11. The second-order valence-electron chi connectivity index (χ2n) is 9.45. The van der Waals surface area contributed by atoms with Gasteiger partial charge in [-0.3, -0.25) is 9.36 Å². The van der Waals surface area contributed by atoms with Crippen LogP contribution in [0.1, 0.15) is 23.7 Å². The predicted molar refractivity (Wildman–Crippen MR) is 126 cm³/mol. The summed E-state index contributed by atoms with van der Waals surface area (Å²) in [4.78, 5) is 34.6. The summed E-state index contributed by atoms with van der Waals surface area (Å²) in [6.07, 6.45) is 2.84. The molecule has 0 spiro atoms. The molecule has 2 N–H and O–H groups in total. The van der Waals surface area contributed by atoms with E-state index in [0.29, 0.717) is 19.6 Å². The number of rotatable bonds is 6. The quantitative estimate of drug-likeness (QED) is 0.418. The molecule has 0 aliphatic carbocycles. The highest BCUT2D eigenvalue weighted by molar-refractivity contribution is 6.76. The molecule has 12 heteroatoms. The van der Waals surface area contributed by atoms with Crippen molar-refractivity contribution in [2.75, 3.05) is 13.2 Å². The first-order chi connectivity index (χ1) is 16.1. The standard InChI is InChI=1S/C22H28FN5O5Si/c1-13-5-7-31-8-6-25-20-17-14-11-15(23)19(26-21(33-13)16(14)18(24)29)28(17)22(30)27(20)12-32-9-10-34(2,3)4/h6,8,11,13H,5,7,9-10,12H2,1-4H3,(H2,24,29)/t13-/m1/s1. The number of carbonyl (C=O) groups excluding carboxylic acids is 1. The lowest BCUT2D eigenvalue weighted by atomic mass is 10.1.